The highest BCUT2D eigenvalue weighted by Crippen LogP contribution is 2.39. The van der Waals surface area contributed by atoms with E-state index in [4.69, 9.17) is 0 Å². The average molecular weight is 232 g/mol. The van der Waals surface area contributed by atoms with Crippen molar-refractivity contribution in [2.24, 2.45) is 11.8 Å². The fourth-order valence-corrected chi connectivity index (χ4v) is 1.98. The van der Waals surface area contributed by atoms with E-state index in [-0.39, 0.29) is 0 Å². The minimum absolute atomic E-state index is 0.565. The lowest BCUT2D eigenvalue weighted by Crippen LogP contribution is -2.49. The van der Waals surface area contributed by atoms with E-state index in [0.717, 1.165) is 6.54 Å². The molecule has 1 aliphatic carbocycles. The van der Waals surface area contributed by atoms with E-state index >= 15 is 0 Å². The highest BCUT2D eigenvalue weighted by molar-refractivity contribution is 9.12. The zero-order chi connectivity index (χ0) is 8.55. The molecule has 1 nitrogen and oxygen atoms in total. The lowest BCUT2D eigenvalue weighted by molar-refractivity contribution is 0.0611. The number of alkyl halides is 1. The Morgan fingerprint density at radius 1 is 1.50 bits per heavy atom. The van der Waals surface area contributed by atoms with Crippen LogP contribution in [-0.2, 0) is 0 Å². The lowest BCUT2D eigenvalue weighted by atomic mass is 10.1. The minimum atomic E-state index is -0.565. The van der Waals surface area contributed by atoms with Crippen LogP contribution < -0.4 is 0 Å². The Hall–Kier alpha value is -0.0700. The molecule has 2 aliphatic rings. The van der Waals surface area contributed by atoms with Crippen molar-refractivity contribution in [2.45, 2.75) is 12.6 Å². The molecule has 0 bridgehead atoms. The van der Waals surface area contributed by atoms with Gasteiger partial charge < -0.3 is 0 Å². The summed E-state index contributed by atoms with van der Waals surface area (Å²) >= 11 is 3.09. The van der Waals surface area contributed by atoms with Crippen molar-refractivity contribution in [1.29, 1.82) is 0 Å². The van der Waals surface area contributed by atoms with Gasteiger partial charge in [-0.2, -0.15) is 0 Å². The van der Waals surface area contributed by atoms with E-state index in [9.17, 15) is 4.39 Å². The highest BCUT2D eigenvalue weighted by Gasteiger charge is 2.39. The third kappa shape index (κ3) is 1.81. The van der Waals surface area contributed by atoms with Gasteiger partial charge in [-0.1, -0.05) is 5.92 Å². The summed E-state index contributed by atoms with van der Waals surface area (Å²) in [5.74, 6) is 4.36. The topological polar surface area (TPSA) is 3.24 Å². The zero-order valence-electron chi connectivity index (χ0n) is 6.76. The number of nitrogens with zero attached hydrogens (tertiary/aromatic N) is 1. The molecule has 0 aromatic heterocycles. The Labute approximate surface area is 80.4 Å². The van der Waals surface area contributed by atoms with Crippen LogP contribution in [0.15, 0.2) is 0 Å². The molecule has 1 heterocycles. The van der Waals surface area contributed by atoms with Crippen LogP contribution in [0.25, 0.3) is 0 Å². The Bertz CT molecular complexity index is 226. The fraction of sp³-hybridized carbons (Fsp3) is 0.778. The molecule has 12 heavy (non-hydrogen) atoms. The molecular weight excluding hydrogens is 221 g/mol. The molecule has 1 saturated carbocycles. The van der Waals surface area contributed by atoms with Gasteiger partial charge in [-0.15, -0.1) is 0 Å². The quantitative estimate of drug-likeness (QED) is 0.654. The maximum Gasteiger partial charge on any atom is 0.125 e. The van der Waals surface area contributed by atoms with Crippen LogP contribution in [0.5, 0.6) is 0 Å². The van der Waals surface area contributed by atoms with Crippen molar-refractivity contribution in [3.63, 3.8) is 0 Å². The lowest BCUT2D eigenvalue weighted by Gasteiger charge is -2.34. The van der Waals surface area contributed by atoms with Crippen molar-refractivity contribution < 1.29 is 4.39 Å². The molecule has 0 N–H and O–H groups in total. The summed E-state index contributed by atoms with van der Waals surface area (Å²) in [5, 5.41) is 0. The van der Waals surface area contributed by atoms with Crippen molar-refractivity contribution in [1.82, 2.24) is 4.90 Å². The van der Waals surface area contributed by atoms with Crippen LogP contribution in [0.2, 0.25) is 0 Å². The third-order valence-electron chi connectivity index (χ3n) is 2.57. The van der Waals surface area contributed by atoms with Crippen molar-refractivity contribution in [3.8, 4) is 10.8 Å². The molecule has 0 spiro atoms. The Balaban J connectivity index is 1.66. The van der Waals surface area contributed by atoms with Gasteiger partial charge in [-0.05, 0) is 17.2 Å². The van der Waals surface area contributed by atoms with Crippen LogP contribution in [0.4, 0.5) is 4.39 Å². The predicted octanol–water partition coefficient (Wildman–Crippen LogP) is 1.63. The maximum atomic E-state index is 12.4. The summed E-state index contributed by atoms with van der Waals surface area (Å²) in [7, 11) is 0. The van der Waals surface area contributed by atoms with Gasteiger partial charge in [0.15, 0.2) is 0 Å². The molecule has 0 amide bonds. The molecule has 0 aromatic rings. The largest absolute Gasteiger partial charge is 0.297 e. The van der Waals surface area contributed by atoms with E-state index in [2.05, 4.69) is 31.6 Å². The molecule has 2 rings (SSSR count). The van der Waals surface area contributed by atoms with Crippen LogP contribution in [0.3, 0.4) is 0 Å². The highest BCUT2D eigenvalue weighted by atomic mass is 79.9. The van der Waals surface area contributed by atoms with Gasteiger partial charge in [-0.25, -0.2) is 4.39 Å². The zero-order valence-corrected chi connectivity index (χ0v) is 8.35. The molecule has 2 atom stereocenters. The normalized spacial score (nSPS) is 35.2. The van der Waals surface area contributed by atoms with Crippen molar-refractivity contribution >= 4 is 15.9 Å². The predicted molar refractivity (Wildman–Crippen MR) is 49.6 cm³/mol. The average Bonchev–Trinajstić information content (AvgIpc) is 2.66. The summed E-state index contributed by atoms with van der Waals surface area (Å²) in [4.78, 5) is 4.92. The van der Waals surface area contributed by atoms with Crippen LogP contribution in [-0.4, -0.2) is 30.7 Å². The summed E-state index contributed by atoms with van der Waals surface area (Å²) in [6.07, 6.45) is 0.635. The number of likely N-dealkylation sites (tertiary alicyclic amines) is 1. The van der Waals surface area contributed by atoms with Crippen LogP contribution in [0, 0.1) is 22.6 Å². The first-order valence-electron chi connectivity index (χ1n) is 4.27. The Morgan fingerprint density at radius 3 is 2.83 bits per heavy atom. The van der Waals surface area contributed by atoms with Gasteiger partial charge >= 0.3 is 0 Å². The van der Waals surface area contributed by atoms with E-state index in [0.29, 0.717) is 24.9 Å². The van der Waals surface area contributed by atoms with E-state index in [1.165, 1.54) is 6.42 Å². The minimum Gasteiger partial charge on any atom is -0.297 e. The maximum absolute atomic E-state index is 12.4. The molecule has 3 heteroatoms. The van der Waals surface area contributed by atoms with Gasteiger partial charge in [0.25, 0.3) is 0 Å². The molecular formula is C9H11BrFN. The monoisotopic (exact) mass is 231 g/mol. The molecule has 1 aliphatic heterocycles. The second kappa shape index (κ2) is 3.35. The fourth-order valence-electron chi connectivity index (χ4n) is 1.68. The number of hydrogen-bond donors (Lipinski definition) is 0. The van der Waals surface area contributed by atoms with Gasteiger partial charge in [0, 0.05) is 41.5 Å². The first-order chi connectivity index (χ1) is 5.79. The first kappa shape index (κ1) is 8.52. The molecule has 0 unspecified atom stereocenters. The second-order valence-electron chi connectivity index (χ2n) is 3.66. The summed E-state index contributed by atoms with van der Waals surface area (Å²) < 4.78 is 12.4. The van der Waals surface area contributed by atoms with Gasteiger partial charge in [0.1, 0.15) is 6.17 Å². The SMILES string of the molecule is FC1CN(C[C@H]2C[C@@H]2C#CBr)C1. The van der Waals surface area contributed by atoms with E-state index in [1.807, 2.05) is 0 Å². The van der Waals surface area contributed by atoms with E-state index < -0.39 is 6.17 Å². The molecule has 0 radical (unpaired) electrons. The van der Waals surface area contributed by atoms with E-state index in [1.54, 1.807) is 0 Å². The smallest absolute Gasteiger partial charge is 0.125 e. The Kier molecular flexibility index (Phi) is 2.38. The second-order valence-corrected chi connectivity index (χ2v) is 4.05. The summed E-state index contributed by atoms with van der Waals surface area (Å²) in [5.41, 5.74) is 0. The number of rotatable bonds is 2. The number of hydrogen-bond acceptors (Lipinski definition) is 1. The van der Waals surface area contributed by atoms with Gasteiger partial charge in [0.05, 0.1) is 0 Å². The molecule has 1 saturated heterocycles. The van der Waals surface area contributed by atoms with Gasteiger partial charge in [0.2, 0.25) is 0 Å². The third-order valence-corrected chi connectivity index (χ3v) is 2.80. The summed E-state index contributed by atoms with van der Waals surface area (Å²) in [6, 6.07) is 0. The van der Waals surface area contributed by atoms with Crippen molar-refractivity contribution in [3.05, 3.63) is 0 Å². The van der Waals surface area contributed by atoms with Crippen LogP contribution in [0.1, 0.15) is 6.42 Å². The molecule has 2 fully saturated rings. The first-order valence-corrected chi connectivity index (χ1v) is 5.06. The van der Waals surface area contributed by atoms with Gasteiger partial charge in [-0.3, -0.25) is 4.90 Å². The number of halogens is 2. The molecule has 0 aromatic carbocycles. The Morgan fingerprint density at radius 2 is 2.25 bits per heavy atom. The van der Waals surface area contributed by atoms with Crippen LogP contribution >= 0.6 is 15.9 Å². The summed E-state index contributed by atoms with van der Waals surface area (Å²) in [6.45, 7) is 2.34. The molecule has 66 valence electrons. The standard InChI is InChI=1S/C9H11BrFN/c10-2-1-7-3-8(7)4-12-5-9(11)6-12/h7-9H,3-6H2/t7-,8+/m0/s1. The van der Waals surface area contributed by atoms with Crippen molar-refractivity contribution in [2.75, 3.05) is 19.6 Å².